The van der Waals surface area contributed by atoms with Crippen molar-refractivity contribution in [2.45, 2.75) is 25.7 Å². The standard InChI is InChI=1S/C15H19N5O2/c1-2-6-17-15(21)20-9-5-12(10-20)14-18-13(19-22-14)11-3-7-16-8-4-11/h3-4,7-8,12H,2,5-6,9-10H2,1H3,(H,17,21)/t12-/m0/s1. The van der Waals surface area contributed by atoms with Crippen LogP contribution < -0.4 is 5.32 Å². The van der Waals surface area contributed by atoms with E-state index in [2.05, 4.69) is 20.4 Å². The van der Waals surface area contributed by atoms with E-state index in [1.807, 2.05) is 19.1 Å². The Morgan fingerprint density at radius 1 is 1.45 bits per heavy atom. The number of amides is 2. The average molecular weight is 301 g/mol. The summed E-state index contributed by atoms with van der Waals surface area (Å²) < 4.78 is 5.37. The highest BCUT2D eigenvalue weighted by Gasteiger charge is 2.31. The molecule has 1 aliphatic heterocycles. The molecule has 1 saturated heterocycles. The number of carbonyl (C=O) groups excluding carboxylic acids is 1. The first-order chi connectivity index (χ1) is 10.8. The monoisotopic (exact) mass is 301 g/mol. The van der Waals surface area contributed by atoms with E-state index in [4.69, 9.17) is 4.52 Å². The molecule has 1 aliphatic rings. The van der Waals surface area contributed by atoms with Gasteiger partial charge in [-0.25, -0.2) is 4.79 Å². The molecule has 2 aromatic rings. The van der Waals surface area contributed by atoms with Gasteiger partial charge in [0.15, 0.2) is 0 Å². The van der Waals surface area contributed by atoms with Gasteiger partial charge >= 0.3 is 6.03 Å². The van der Waals surface area contributed by atoms with Crippen molar-refractivity contribution in [3.8, 4) is 11.4 Å². The Labute approximate surface area is 128 Å². The summed E-state index contributed by atoms with van der Waals surface area (Å²) in [6.07, 6.45) is 5.17. The number of carbonyl (C=O) groups is 1. The fraction of sp³-hybridized carbons (Fsp3) is 0.467. The summed E-state index contributed by atoms with van der Waals surface area (Å²) in [5.41, 5.74) is 0.876. The zero-order chi connectivity index (χ0) is 15.4. The number of nitrogens with zero attached hydrogens (tertiary/aromatic N) is 4. The van der Waals surface area contributed by atoms with Crippen LogP contribution in [-0.2, 0) is 0 Å². The van der Waals surface area contributed by atoms with Crippen molar-refractivity contribution >= 4 is 6.03 Å². The van der Waals surface area contributed by atoms with Gasteiger partial charge in [-0.2, -0.15) is 4.98 Å². The van der Waals surface area contributed by atoms with Crippen LogP contribution >= 0.6 is 0 Å². The molecule has 1 atom stereocenters. The number of urea groups is 1. The molecule has 2 amide bonds. The van der Waals surface area contributed by atoms with E-state index in [1.165, 1.54) is 0 Å². The first-order valence-corrected chi connectivity index (χ1v) is 7.54. The van der Waals surface area contributed by atoms with Crippen molar-refractivity contribution in [2.24, 2.45) is 0 Å². The van der Waals surface area contributed by atoms with Crippen molar-refractivity contribution in [3.63, 3.8) is 0 Å². The number of aromatic nitrogens is 3. The molecular formula is C15H19N5O2. The summed E-state index contributed by atoms with van der Waals surface area (Å²) in [6.45, 7) is 4.07. The molecule has 3 rings (SSSR count). The quantitative estimate of drug-likeness (QED) is 0.934. The van der Waals surface area contributed by atoms with Crippen LogP contribution in [0.1, 0.15) is 31.6 Å². The Kier molecular flexibility index (Phi) is 4.32. The Bertz CT molecular complexity index is 628. The van der Waals surface area contributed by atoms with E-state index in [0.29, 0.717) is 31.3 Å². The number of nitrogens with one attached hydrogen (secondary N) is 1. The average Bonchev–Trinajstić information content (AvgIpc) is 3.22. The summed E-state index contributed by atoms with van der Waals surface area (Å²) >= 11 is 0. The van der Waals surface area contributed by atoms with Gasteiger partial charge in [0.25, 0.3) is 0 Å². The van der Waals surface area contributed by atoms with E-state index in [0.717, 1.165) is 18.4 Å². The number of likely N-dealkylation sites (tertiary alicyclic amines) is 1. The van der Waals surface area contributed by atoms with E-state index < -0.39 is 0 Å². The summed E-state index contributed by atoms with van der Waals surface area (Å²) in [7, 11) is 0. The van der Waals surface area contributed by atoms with Gasteiger partial charge < -0.3 is 14.7 Å². The van der Waals surface area contributed by atoms with Gasteiger partial charge in [0.2, 0.25) is 11.7 Å². The van der Waals surface area contributed by atoms with Gasteiger partial charge in [0, 0.05) is 37.6 Å². The van der Waals surface area contributed by atoms with Crippen LogP contribution in [-0.4, -0.2) is 45.7 Å². The summed E-state index contributed by atoms with van der Waals surface area (Å²) in [5.74, 6) is 1.26. The van der Waals surface area contributed by atoms with Crippen molar-refractivity contribution in [1.29, 1.82) is 0 Å². The number of hydrogen-bond donors (Lipinski definition) is 1. The molecule has 7 nitrogen and oxygen atoms in total. The predicted octanol–water partition coefficient (Wildman–Crippen LogP) is 2.04. The Hall–Kier alpha value is -2.44. The largest absolute Gasteiger partial charge is 0.339 e. The summed E-state index contributed by atoms with van der Waals surface area (Å²) in [5, 5.41) is 6.91. The second-order valence-electron chi connectivity index (χ2n) is 5.36. The molecule has 116 valence electrons. The predicted molar refractivity (Wildman–Crippen MR) is 80.1 cm³/mol. The van der Waals surface area contributed by atoms with E-state index in [9.17, 15) is 4.79 Å². The first kappa shape index (κ1) is 14.5. The van der Waals surface area contributed by atoms with Crippen LogP contribution in [0.25, 0.3) is 11.4 Å². The van der Waals surface area contributed by atoms with Crippen LogP contribution in [0.4, 0.5) is 4.79 Å². The minimum Gasteiger partial charge on any atom is -0.339 e. The zero-order valence-corrected chi connectivity index (χ0v) is 12.5. The van der Waals surface area contributed by atoms with Gasteiger partial charge in [-0.1, -0.05) is 12.1 Å². The lowest BCUT2D eigenvalue weighted by atomic mass is 10.1. The third kappa shape index (κ3) is 3.08. The smallest absolute Gasteiger partial charge is 0.317 e. The molecule has 22 heavy (non-hydrogen) atoms. The topological polar surface area (TPSA) is 84.2 Å². The third-order valence-electron chi connectivity index (χ3n) is 3.73. The van der Waals surface area contributed by atoms with Crippen LogP contribution in [0.3, 0.4) is 0 Å². The molecule has 0 bridgehead atoms. The van der Waals surface area contributed by atoms with Crippen molar-refractivity contribution in [2.75, 3.05) is 19.6 Å². The summed E-state index contributed by atoms with van der Waals surface area (Å²) in [6, 6.07) is 3.67. The molecule has 0 unspecified atom stereocenters. The Morgan fingerprint density at radius 3 is 3.05 bits per heavy atom. The highest BCUT2D eigenvalue weighted by atomic mass is 16.5. The second kappa shape index (κ2) is 6.55. The number of pyridine rings is 1. The Balaban J connectivity index is 1.64. The normalized spacial score (nSPS) is 17.7. The maximum Gasteiger partial charge on any atom is 0.317 e. The molecule has 0 saturated carbocycles. The lowest BCUT2D eigenvalue weighted by molar-refractivity contribution is 0.207. The molecule has 0 spiro atoms. The second-order valence-corrected chi connectivity index (χ2v) is 5.36. The van der Waals surface area contributed by atoms with E-state index in [-0.39, 0.29) is 11.9 Å². The number of rotatable bonds is 4. The van der Waals surface area contributed by atoms with Gasteiger partial charge in [-0.15, -0.1) is 0 Å². The molecular weight excluding hydrogens is 282 g/mol. The summed E-state index contributed by atoms with van der Waals surface area (Å²) in [4.78, 5) is 22.2. The Morgan fingerprint density at radius 2 is 2.27 bits per heavy atom. The zero-order valence-electron chi connectivity index (χ0n) is 12.5. The molecule has 7 heteroatoms. The van der Waals surface area contributed by atoms with Crippen molar-refractivity contribution in [1.82, 2.24) is 25.3 Å². The highest BCUT2D eigenvalue weighted by molar-refractivity contribution is 5.74. The molecule has 0 aliphatic carbocycles. The molecule has 1 N–H and O–H groups in total. The van der Waals surface area contributed by atoms with Crippen LogP contribution in [0.15, 0.2) is 29.0 Å². The minimum absolute atomic E-state index is 0.0155. The van der Waals surface area contributed by atoms with E-state index in [1.54, 1.807) is 17.3 Å². The van der Waals surface area contributed by atoms with Gasteiger partial charge in [0.05, 0.1) is 5.92 Å². The molecule has 3 heterocycles. The van der Waals surface area contributed by atoms with E-state index >= 15 is 0 Å². The van der Waals surface area contributed by atoms with Gasteiger partial charge in [0.1, 0.15) is 0 Å². The van der Waals surface area contributed by atoms with Crippen molar-refractivity contribution in [3.05, 3.63) is 30.4 Å². The minimum atomic E-state index is -0.0155. The fourth-order valence-corrected chi connectivity index (χ4v) is 2.51. The SMILES string of the molecule is CCCNC(=O)N1CC[C@H](c2nc(-c3ccncc3)no2)C1. The first-order valence-electron chi connectivity index (χ1n) is 7.54. The molecule has 0 aromatic carbocycles. The maximum absolute atomic E-state index is 11.9. The van der Waals surface area contributed by atoms with Gasteiger partial charge in [-0.05, 0) is 25.0 Å². The number of hydrogen-bond acceptors (Lipinski definition) is 5. The van der Waals surface area contributed by atoms with Crippen LogP contribution in [0.2, 0.25) is 0 Å². The maximum atomic E-state index is 11.9. The fourth-order valence-electron chi connectivity index (χ4n) is 2.51. The van der Waals surface area contributed by atoms with Crippen LogP contribution in [0, 0.1) is 0 Å². The lowest BCUT2D eigenvalue weighted by Gasteiger charge is -2.16. The van der Waals surface area contributed by atoms with Crippen molar-refractivity contribution < 1.29 is 9.32 Å². The van der Waals surface area contributed by atoms with Gasteiger partial charge in [-0.3, -0.25) is 4.98 Å². The van der Waals surface area contributed by atoms with Crippen LogP contribution in [0.5, 0.6) is 0 Å². The molecule has 2 aromatic heterocycles. The molecule has 1 fully saturated rings. The molecule has 0 radical (unpaired) electrons. The third-order valence-corrected chi connectivity index (χ3v) is 3.73. The lowest BCUT2D eigenvalue weighted by Crippen LogP contribution is -2.38. The highest BCUT2D eigenvalue weighted by Crippen LogP contribution is 2.27.